The molecule has 6 rings (SSSR count). The van der Waals surface area contributed by atoms with E-state index in [1.807, 2.05) is 12.1 Å². The van der Waals surface area contributed by atoms with Gasteiger partial charge in [-0.25, -0.2) is 4.39 Å². The zero-order valence-corrected chi connectivity index (χ0v) is 24.9. The number of hydrogen-bond donors (Lipinski definition) is 2. The van der Waals surface area contributed by atoms with Crippen molar-refractivity contribution in [3.05, 3.63) is 82.7 Å². The number of nitrogens with one attached hydrogen (secondary N) is 2. The zero-order valence-electron chi connectivity index (χ0n) is 24.9. The smallest absolute Gasteiger partial charge is 0.258 e. The fourth-order valence-corrected chi connectivity index (χ4v) is 5.40. The summed E-state index contributed by atoms with van der Waals surface area (Å²) in [4.78, 5) is 40.7. The first-order chi connectivity index (χ1) is 21.8. The van der Waals surface area contributed by atoms with E-state index in [1.54, 1.807) is 30.3 Å². The number of nitrogens with zero attached hydrogens (tertiary/aromatic N) is 2. The maximum absolute atomic E-state index is 14.1. The third-order valence-electron chi connectivity index (χ3n) is 7.71. The molecule has 4 bridgehead atoms. The number of nitriles is 1. The van der Waals surface area contributed by atoms with E-state index in [0.29, 0.717) is 35.8 Å². The number of hydrogen-bond acceptors (Lipinski definition) is 8. The summed E-state index contributed by atoms with van der Waals surface area (Å²) in [5.41, 5.74) is 1.66. The Morgan fingerprint density at radius 3 is 2.62 bits per heavy atom. The van der Waals surface area contributed by atoms with Crippen molar-refractivity contribution in [2.45, 2.75) is 38.0 Å². The fraction of sp³-hybridized carbons (Fsp3) is 0.333. The van der Waals surface area contributed by atoms with Crippen LogP contribution in [0.1, 0.15) is 39.9 Å². The van der Waals surface area contributed by atoms with Crippen molar-refractivity contribution in [2.24, 2.45) is 0 Å². The average Bonchev–Trinajstić information content (AvgIpc) is 3.05. The van der Waals surface area contributed by atoms with Crippen LogP contribution in [0.4, 0.5) is 4.39 Å². The normalized spacial score (nSPS) is 18.8. The number of likely N-dealkylation sites (tertiary alicyclic amines) is 1. The van der Waals surface area contributed by atoms with Crippen LogP contribution >= 0.6 is 0 Å². The molecule has 0 radical (unpaired) electrons. The van der Waals surface area contributed by atoms with Crippen LogP contribution in [0.3, 0.4) is 0 Å². The second-order valence-electron chi connectivity index (χ2n) is 10.7. The van der Waals surface area contributed by atoms with Crippen LogP contribution in [-0.4, -0.2) is 68.7 Å². The lowest BCUT2D eigenvalue weighted by Gasteiger charge is -2.39. The van der Waals surface area contributed by atoms with Gasteiger partial charge in [-0.3, -0.25) is 14.4 Å². The molecule has 0 aromatic heterocycles. The molecule has 3 aliphatic heterocycles. The Hall–Kier alpha value is -5.31. The van der Waals surface area contributed by atoms with Gasteiger partial charge in [0, 0.05) is 49.7 Å². The van der Waals surface area contributed by atoms with Gasteiger partial charge in [0.2, 0.25) is 5.91 Å². The van der Waals surface area contributed by atoms with E-state index in [4.69, 9.17) is 18.9 Å². The summed E-state index contributed by atoms with van der Waals surface area (Å²) in [7, 11) is 3.02. The van der Waals surface area contributed by atoms with Gasteiger partial charge in [-0.05, 0) is 54.4 Å². The molecule has 1 saturated heterocycles. The van der Waals surface area contributed by atoms with Gasteiger partial charge in [0.25, 0.3) is 11.8 Å². The van der Waals surface area contributed by atoms with Crippen molar-refractivity contribution in [1.82, 2.24) is 15.5 Å². The number of carbonyl (C=O) groups is 3. The topological polar surface area (TPSA) is 139 Å². The maximum atomic E-state index is 14.1. The minimum Gasteiger partial charge on any atom is -0.496 e. The number of ether oxygens (including phenoxy) is 4. The molecule has 3 aromatic rings. The Bertz CT molecular complexity index is 1640. The van der Waals surface area contributed by atoms with Gasteiger partial charge in [0.05, 0.1) is 31.9 Å². The molecule has 3 aromatic carbocycles. The molecule has 3 heterocycles. The summed E-state index contributed by atoms with van der Waals surface area (Å²) in [6, 6.07) is 15.2. The third-order valence-corrected chi connectivity index (χ3v) is 7.71. The van der Waals surface area contributed by atoms with Crippen LogP contribution < -0.4 is 29.6 Å². The summed E-state index contributed by atoms with van der Waals surface area (Å²) in [6.45, 7) is 0.227. The summed E-state index contributed by atoms with van der Waals surface area (Å²) in [5.74, 6) is 0.00873. The largest absolute Gasteiger partial charge is 0.496 e. The first kappa shape index (κ1) is 31.1. The number of rotatable bonds is 3. The highest BCUT2D eigenvalue weighted by molar-refractivity contribution is 5.94. The predicted octanol–water partition coefficient (Wildman–Crippen LogP) is 3.13. The lowest BCUT2D eigenvalue weighted by molar-refractivity contribution is -0.125. The number of methoxy groups -OCH3 is 2. The molecule has 2 atom stereocenters. The first-order valence-electron chi connectivity index (χ1n) is 14.5. The summed E-state index contributed by atoms with van der Waals surface area (Å²) >= 11 is 0. The number of aryl methyl sites for hydroxylation is 1. The van der Waals surface area contributed by atoms with E-state index in [0.717, 1.165) is 23.3 Å². The number of fused-ring (bicyclic) bond motifs is 9. The standard InChI is InChI=1S/C33H33FN4O7/c1-42-28-7-3-20-4-8-31(39)36-17-22-5-6-25(15-29(22)43-2)45-27-9-10-38(18-26(27)37-32(40)19-44-30(28)13-20)33(41)23-11-21(16-35)12-24(34)14-23/h3,5-7,11-15,26-27H,4,8-10,17-19H2,1-2H3,(H,36,39)(H,37,40)/t26-,27+/m1/s1. The van der Waals surface area contributed by atoms with Crippen molar-refractivity contribution >= 4 is 17.7 Å². The molecular formula is C33H33FN4O7. The highest BCUT2D eigenvalue weighted by atomic mass is 19.1. The van der Waals surface area contributed by atoms with Gasteiger partial charge in [-0.2, -0.15) is 5.26 Å². The highest BCUT2D eigenvalue weighted by Gasteiger charge is 2.35. The molecule has 0 aliphatic carbocycles. The Labute approximate surface area is 259 Å². The summed E-state index contributed by atoms with van der Waals surface area (Å²) in [5, 5.41) is 15.1. The van der Waals surface area contributed by atoms with Crippen molar-refractivity contribution in [3.63, 3.8) is 0 Å². The molecule has 2 N–H and O–H groups in total. The van der Waals surface area contributed by atoms with Crippen molar-refractivity contribution in [1.29, 1.82) is 5.26 Å². The number of carbonyl (C=O) groups excluding carboxylic acids is 3. The number of benzene rings is 3. The monoisotopic (exact) mass is 616 g/mol. The summed E-state index contributed by atoms with van der Waals surface area (Å²) in [6.07, 6.45) is 0.475. The second-order valence-corrected chi connectivity index (χ2v) is 10.7. The number of amides is 3. The van der Waals surface area contributed by atoms with Crippen molar-refractivity contribution in [3.8, 4) is 29.1 Å². The lowest BCUT2D eigenvalue weighted by Crippen LogP contribution is -2.58. The molecule has 0 spiro atoms. The van der Waals surface area contributed by atoms with Crippen LogP contribution in [0.15, 0.2) is 54.6 Å². The van der Waals surface area contributed by atoms with Gasteiger partial charge in [-0.1, -0.05) is 6.07 Å². The molecule has 0 saturated carbocycles. The first-order valence-corrected chi connectivity index (χ1v) is 14.5. The molecule has 3 aliphatic rings. The molecule has 45 heavy (non-hydrogen) atoms. The zero-order chi connectivity index (χ0) is 31.9. The lowest BCUT2D eigenvalue weighted by atomic mass is 10.00. The van der Waals surface area contributed by atoms with E-state index < -0.39 is 29.8 Å². The van der Waals surface area contributed by atoms with E-state index in [1.165, 1.54) is 25.2 Å². The Kier molecular flexibility index (Phi) is 9.67. The Morgan fingerprint density at radius 2 is 1.84 bits per heavy atom. The average molecular weight is 617 g/mol. The van der Waals surface area contributed by atoms with Crippen LogP contribution in [-0.2, 0) is 22.6 Å². The molecule has 3 amide bonds. The van der Waals surface area contributed by atoms with E-state index >= 15 is 0 Å². The van der Waals surface area contributed by atoms with Gasteiger partial charge < -0.3 is 34.5 Å². The van der Waals surface area contributed by atoms with E-state index in [9.17, 15) is 24.0 Å². The predicted molar refractivity (Wildman–Crippen MR) is 160 cm³/mol. The van der Waals surface area contributed by atoms with Crippen LogP contribution in [0.5, 0.6) is 23.0 Å². The number of piperidine rings is 1. The van der Waals surface area contributed by atoms with Gasteiger partial charge in [0.1, 0.15) is 23.4 Å². The SMILES string of the molecule is COc1cc2ccc1CNC(=O)CCc1ccc(OC)c(c1)OCC(=O)N[C@@H]1CN(C(=O)c3cc(F)cc(C#N)c3)CC[C@@H]1O2. The molecular weight excluding hydrogens is 583 g/mol. The highest BCUT2D eigenvalue weighted by Crippen LogP contribution is 2.30. The van der Waals surface area contributed by atoms with Gasteiger partial charge in [-0.15, -0.1) is 0 Å². The molecule has 12 heteroatoms. The second kappa shape index (κ2) is 14.0. The van der Waals surface area contributed by atoms with E-state index in [2.05, 4.69) is 10.6 Å². The minimum atomic E-state index is -0.690. The Balaban J connectivity index is 1.43. The molecule has 1 fully saturated rings. The maximum Gasteiger partial charge on any atom is 0.258 e. The third kappa shape index (κ3) is 7.62. The fourth-order valence-electron chi connectivity index (χ4n) is 5.40. The van der Waals surface area contributed by atoms with Crippen LogP contribution in [0.2, 0.25) is 0 Å². The molecule has 11 nitrogen and oxygen atoms in total. The quantitative estimate of drug-likeness (QED) is 0.458. The van der Waals surface area contributed by atoms with Gasteiger partial charge in [0.15, 0.2) is 18.1 Å². The van der Waals surface area contributed by atoms with Crippen molar-refractivity contribution in [2.75, 3.05) is 33.9 Å². The number of halogens is 1. The van der Waals surface area contributed by atoms with E-state index in [-0.39, 0.29) is 49.7 Å². The molecule has 234 valence electrons. The Morgan fingerprint density at radius 1 is 1.02 bits per heavy atom. The van der Waals surface area contributed by atoms with Crippen molar-refractivity contribution < 1.29 is 37.7 Å². The minimum absolute atomic E-state index is 0.0328. The van der Waals surface area contributed by atoms with Gasteiger partial charge >= 0.3 is 0 Å². The van der Waals surface area contributed by atoms with Crippen LogP contribution in [0, 0.1) is 17.1 Å². The molecule has 0 unspecified atom stereocenters. The van der Waals surface area contributed by atoms with Crippen LogP contribution in [0.25, 0.3) is 0 Å². The summed E-state index contributed by atoms with van der Waals surface area (Å²) < 4.78 is 37.3.